The Morgan fingerprint density at radius 3 is 2.85 bits per heavy atom. The predicted octanol–water partition coefficient (Wildman–Crippen LogP) is 1.40. The van der Waals surface area contributed by atoms with Crippen molar-refractivity contribution in [1.29, 1.82) is 0 Å². The minimum absolute atomic E-state index is 0.0758. The molecule has 1 amide bonds. The van der Waals surface area contributed by atoms with Crippen molar-refractivity contribution in [3.63, 3.8) is 0 Å². The van der Waals surface area contributed by atoms with E-state index in [1.807, 2.05) is 18.2 Å². The lowest BCUT2D eigenvalue weighted by Gasteiger charge is -2.25. The molecule has 7 nitrogen and oxygen atoms in total. The van der Waals surface area contributed by atoms with Gasteiger partial charge in [-0.25, -0.2) is 8.42 Å². The maximum atomic E-state index is 12.6. The van der Waals surface area contributed by atoms with Crippen LogP contribution in [0.25, 0.3) is 0 Å². The molecule has 0 spiro atoms. The van der Waals surface area contributed by atoms with Gasteiger partial charge in [-0.1, -0.05) is 30.3 Å². The maximum absolute atomic E-state index is 12.6. The van der Waals surface area contributed by atoms with E-state index in [-0.39, 0.29) is 24.2 Å². The number of aromatic nitrogens is 2. The molecular weight excluding hydrogens is 352 g/mol. The highest BCUT2D eigenvalue weighted by Gasteiger charge is 2.40. The first-order valence-corrected chi connectivity index (χ1v) is 10.5. The molecule has 1 saturated carbocycles. The zero-order valence-corrected chi connectivity index (χ0v) is 15.4. The molecule has 2 aromatic rings. The molecule has 0 bridgehead atoms. The first-order chi connectivity index (χ1) is 12.5. The minimum atomic E-state index is -3.24. The van der Waals surface area contributed by atoms with Crippen molar-refractivity contribution < 1.29 is 13.2 Å². The Bertz CT molecular complexity index is 923. The molecule has 0 radical (unpaired) electrons. The number of carbonyl (C=O) groups excluding carboxylic acids is 1. The summed E-state index contributed by atoms with van der Waals surface area (Å²) in [5.74, 6) is 0.254. The molecule has 26 heavy (non-hydrogen) atoms. The second kappa shape index (κ2) is 6.51. The first kappa shape index (κ1) is 17.2. The van der Waals surface area contributed by atoms with E-state index in [1.165, 1.54) is 9.87 Å². The topological polar surface area (TPSA) is 95.2 Å². The van der Waals surface area contributed by atoms with Crippen molar-refractivity contribution in [2.75, 3.05) is 12.3 Å². The third-order valence-corrected chi connectivity index (χ3v) is 7.03. The Hall–Kier alpha value is -2.19. The number of benzene rings is 1. The van der Waals surface area contributed by atoms with Crippen LogP contribution in [-0.4, -0.2) is 47.2 Å². The average molecular weight is 374 g/mol. The highest BCUT2D eigenvalue weighted by molar-refractivity contribution is 7.89. The fraction of sp³-hybridized carbons (Fsp3) is 0.444. The van der Waals surface area contributed by atoms with Crippen LogP contribution in [0.15, 0.2) is 30.3 Å². The molecular formula is C18H22N4O3S. The Balaban J connectivity index is 1.43. The predicted molar refractivity (Wildman–Crippen MR) is 97.2 cm³/mol. The van der Waals surface area contributed by atoms with Gasteiger partial charge in [0, 0.05) is 24.1 Å². The Morgan fingerprint density at radius 2 is 2.12 bits per heavy atom. The highest BCUT2D eigenvalue weighted by atomic mass is 32.2. The minimum Gasteiger partial charge on any atom is -0.347 e. The number of rotatable bonds is 5. The number of amides is 1. The lowest BCUT2D eigenvalue weighted by atomic mass is 10.1. The van der Waals surface area contributed by atoms with Gasteiger partial charge in [-0.2, -0.15) is 9.40 Å². The molecule has 2 aliphatic rings. The van der Waals surface area contributed by atoms with Crippen LogP contribution in [0.3, 0.4) is 0 Å². The Kier molecular flexibility index (Phi) is 4.32. The van der Waals surface area contributed by atoms with Crippen LogP contribution in [0.1, 0.15) is 46.6 Å². The number of hydrogen-bond acceptors (Lipinski definition) is 4. The molecule has 1 aliphatic heterocycles. The van der Waals surface area contributed by atoms with E-state index in [0.29, 0.717) is 30.3 Å². The highest BCUT2D eigenvalue weighted by Crippen LogP contribution is 2.40. The van der Waals surface area contributed by atoms with Gasteiger partial charge in [-0.05, 0) is 25.3 Å². The SMILES string of the molecule is CCS(=O)(=O)N1CCc2c(C(=O)N[C@@H]3C[C@H]3c3ccccc3)n[nH]c2C1. The molecule has 138 valence electrons. The summed E-state index contributed by atoms with van der Waals surface area (Å²) in [7, 11) is -3.24. The summed E-state index contributed by atoms with van der Waals surface area (Å²) < 4.78 is 25.5. The summed E-state index contributed by atoms with van der Waals surface area (Å²) in [6.07, 6.45) is 1.44. The van der Waals surface area contributed by atoms with Gasteiger partial charge in [-0.15, -0.1) is 0 Å². The summed E-state index contributed by atoms with van der Waals surface area (Å²) in [5, 5.41) is 10.1. The summed E-state index contributed by atoms with van der Waals surface area (Å²) in [6, 6.07) is 10.3. The second-order valence-electron chi connectivity index (χ2n) is 6.85. The Labute approximate surface area is 152 Å². The lowest BCUT2D eigenvalue weighted by Crippen LogP contribution is -2.37. The molecule has 2 N–H and O–H groups in total. The Morgan fingerprint density at radius 1 is 1.35 bits per heavy atom. The molecule has 1 aromatic carbocycles. The second-order valence-corrected chi connectivity index (χ2v) is 9.10. The van der Waals surface area contributed by atoms with Crippen molar-refractivity contribution in [1.82, 2.24) is 19.8 Å². The van der Waals surface area contributed by atoms with Gasteiger partial charge in [0.25, 0.3) is 5.91 Å². The molecule has 1 aromatic heterocycles. The van der Waals surface area contributed by atoms with E-state index in [4.69, 9.17) is 0 Å². The molecule has 2 heterocycles. The summed E-state index contributed by atoms with van der Waals surface area (Å²) in [5.41, 5.74) is 3.19. The van der Waals surface area contributed by atoms with Crippen LogP contribution >= 0.6 is 0 Å². The normalized spacial score (nSPS) is 22.7. The quantitative estimate of drug-likeness (QED) is 0.827. The number of H-pyrrole nitrogens is 1. The summed E-state index contributed by atoms with van der Waals surface area (Å²) in [6.45, 7) is 2.27. The monoisotopic (exact) mass is 374 g/mol. The summed E-state index contributed by atoms with van der Waals surface area (Å²) in [4.78, 5) is 12.6. The molecule has 4 rings (SSSR count). The van der Waals surface area contributed by atoms with Crippen LogP contribution < -0.4 is 5.32 Å². The summed E-state index contributed by atoms with van der Waals surface area (Å²) >= 11 is 0. The number of sulfonamides is 1. The molecule has 0 unspecified atom stereocenters. The first-order valence-electron chi connectivity index (χ1n) is 8.89. The molecule has 1 aliphatic carbocycles. The van der Waals surface area contributed by atoms with Crippen molar-refractivity contribution in [3.05, 3.63) is 52.8 Å². The van der Waals surface area contributed by atoms with E-state index in [0.717, 1.165) is 12.0 Å². The van der Waals surface area contributed by atoms with Gasteiger partial charge >= 0.3 is 0 Å². The van der Waals surface area contributed by atoms with Crippen LogP contribution in [-0.2, 0) is 23.0 Å². The van der Waals surface area contributed by atoms with Crippen LogP contribution in [0.4, 0.5) is 0 Å². The number of fused-ring (bicyclic) bond motifs is 1. The van der Waals surface area contributed by atoms with Crippen molar-refractivity contribution in [2.24, 2.45) is 0 Å². The van der Waals surface area contributed by atoms with E-state index in [2.05, 4.69) is 27.6 Å². The van der Waals surface area contributed by atoms with Gasteiger partial charge in [0.15, 0.2) is 5.69 Å². The largest absolute Gasteiger partial charge is 0.347 e. The lowest BCUT2D eigenvalue weighted by molar-refractivity contribution is 0.0944. The van der Waals surface area contributed by atoms with E-state index < -0.39 is 10.0 Å². The van der Waals surface area contributed by atoms with Crippen molar-refractivity contribution in [3.8, 4) is 0 Å². The van der Waals surface area contributed by atoms with Crippen LogP contribution in [0, 0.1) is 0 Å². The number of hydrogen-bond donors (Lipinski definition) is 2. The van der Waals surface area contributed by atoms with Gasteiger partial charge in [0.2, 0.25) is 10.0 Å². The number of carbonyl (C=O) groups is 1. The van der Waals surface area contributed by atoms with Gasteiger partial charge in [0.05, 0.1) is 18.0 Å². The molecule has 8 heteroatoms. The fourth-order valence-corrected chi connectivity index (χ4v) is 4.62. The third-order valence-electron chi connectivity index (χ3n) is 5.21. The molecule has 0 saturated heterocycles. The van der Waals surface area contributed by atoms with E-state index in [1.54, 1.807) is 6.92 Å². The van der Waals surface area contributed by atoms with Crippen molar-refractivity contribution in [2.45, 2.75) is 38.3 Å². The van der Waals surface area contributed by atoms with Gasteiger partial charge in [-0.3, -0.25) is 9.89 Å². The fourth-order valence-electron chi connectivity index (χ4n) is 3.56. The molecule has 2 atom stereocenters. The van der Waals surface area contributed by atoms with Crippen molar-refractivity contribution >= 4 is 15.9 Å². The number of nitrogens with zero attached hydrogens (tertiary/aromatic N) is 2. The third kappa shape index (κ3) is 3.14. The van der Waals surface area contributed by atoms with Gasteiger partial charge in [0.1, 0.15) is 0 Å². The maximum Gasteiger partial charge on any atom is 0.272 e. The zero-order valence-electron chi connectivity index (χ0n) is 14.6. The van der Waals surface area contributed by atoms with Crippen LogP contribution in [0.5, 0.6) is 0 Å². The van der Waals surface area contributed by atoms with Crippen LogP contribution in [0.2, 0.25) is 0 Å². The van der Waals surface area contributed by atoms with E-state index in [9.17, 15) is 13.2 Å². The number of aromatic amines is 1. The standard InChI is InChI=1S/C18H22N4O3S/c1-2-26(24,25)22-9-8-13-16(11-22)20-21-17(13)18(23)19-15-10-14(15)12-6-4-3-5-7-12/h3-7,14-15H,2,8-11H2,1H3,(H,19,23)(H,20,21)/t14-,15+/m0/s1. The van der Waals surface area contributed by atoms with Gasteiger partial charge < -0.3 is 5.32 Å². The smallest absolute Gasteiger partial charge is 0.272 e. The number of nitrogens with one attached hydrogen (secondary N) is 2. The average Bonchev–Trinajstić information content (AvgIpc) is 3.29. The van der Waals surface area contributed by atoms with E-state index >= 15 is 0 Å². The molecule has 1 fully saturated rings. The zero-order chi connectivity index (χ0) is 18.3.